The lowest BCUT2D eigenvalue weighted by atomic mass is 9.84. The van der Waals surface area contributed by atoms with Crippen LogP contribution < -0.4 is 16.0 Å². The maximum Gasteiger partial charge on any atom is 0.316 e. The van der Waals surface area contributed by atoms with Gasteiger partial charge in [0.15, 0.2) is 12.2 Å². The van der Waals surface area contributed by atoms with Crippen LogP contribution in [0.15, 0.2) is 77.8 Å². The highest BCUT2D eigenvalue weighted by Gasteiger charge is 2.40. The summed E-state index contributed by atoms with van der Waals surface area (Å²) in [6.45, 7) is 4.42. The Bertz CT molecular complexity index is 1500. The van der Waals surface area contributed by atoms with E-state index in [4.69, 9.17) is 15.2 Å². The summed E-state index contributed by atoms with van der Waals surface area (Å²) >= 11 is 0. The molecule has 3 aromatic carbocycles. The van der Waals surface area contributed by atoms with Gasteiger partial charge in [0.05, 0.1) is 18.6 Å². The van der Waals surface area contributed by atoms with Crippen LogP contribution in [0.25, 0.3) is 0 Å². The Balaban J connectivity index is 1.26. The standard InChI is InChI=1S/C31H32N4O6/c1-31(2,30(39)41-18-19-7-4-3-5-8-19)21-9-6-10-23(16-21)35-13-14-40-26(29(35)38)25(36)28(37)34-22-11-12-24-20(15-22)17-33-27(24)32/h3-12,15-16,25-26,36H,13-14,17-18H2,1-2H3,(H2,32,33)(H,34,37)/t25-,26-/m1/s1. The second kappa shape index (κ2) is 11.5. The lowest BCUT2D eigenvalue weighted by molar-refractivity contribution is -0.150. The van der Waals surface area contributed by atoms with Gasteiger partial charge in [-0.05, 0) is 60.9 Å². The summed E-state index contributed by atoms with van der Waals surface area (Å²) in [5.74, 6) is -1.29. The number of benzene rings is 3. The number of amidine groups is 1. The number of fused-ring (bicyclic) bond motifs is 1. The maximum absolute atomic E-state index is 13.4. The molecular formula is C31H32N4O6. The smallest absolute Gasteiger partial charge is 0.316 e. The second-order valence-corrected chi connectivity index (χ2v) is 10.5. The molecule has 10 heteroatoms. The van der Waals surface area contributed by atoms with Crippen molar-refractivity contribution in [2.45, 2.75) is 44.6 Å². The van der Waals surface area contributed by atoms with E-state index in [1.54, 1.807) is 56.3 Å². The minimum Gasteiger partial charge on any atom is -0.460 e. The van der Waals surface area contributed by atoms with Gasteiger partial charge in [-0.3, -0.25) is 19.4 Å². The summed E-state index contributed by atoms with van der Waals surface area (Å²) in [5, 5.41) is 13.4. The molecule has 212 valence electrons. The number of rotatable bonds is 8. The van der Waals surface area contributed by atoms with Crippen LogP contribution in [0.2, 0.25) is 0 Å². The normalized spacial score (nSPS) is 17.4. The minimum absolute atomic E-state index is 0.114. The van der Waals surface area contributed by atoms with Gasteiger partial charge in [-0.25, -0.2) is 0 Å². The number of nitrogens with two attached hydrogens (primary N) is 1. The highest BCUT2D eigenvalue weighted by atomic mass is 16.5. The van der Waals surface area contributed by atoms with E-state index in [1.807, 2.05) is 30.3 Å². The minimum atomic E-state index is -1.74. The number of carbonyl (C=O) groups excluding carboxylic acids is 3. The molecule has 41 heavy (non-hydrogen) atoms. The number of hydrogen-bond donors (Lipinski definition) is 3. The quantitative estimate of drug-likeness (QED) is 0.362. The van der Waals surface area contributed by atoms with E-state index in [0.717, 1.165) is 16.7 Å². The number of morpholine rings is 1. The summed E-state index contributed by atoms with van der Waals surface area (Å²) < 4.78 is 11.1. The van der Waals surface area contributed by atoms with Gasteiger partial charge in [0, 0.05) is 23.5 Å². The molecule has 10 nitrogen and oxygen atoms in total. The molecule has 0 unspecified atom stereocenters. The van der Waals surface area contributed by atoms with Crippen LogP contribution in [-0.2, 0) is 42.4 Å². The molecule has 1 saturated heterocycles. The molecule has 0 saturated carbocycles. The number of nitrogens with zero attached hydrogens (tertiary/aromatic N) is 2. The Hall–Kier alpha value is -4.54. The predicted molar refractivity (Wildman–Crippen MR) is 153 cm³/mol. The van der Waals surface area contributed by atoms with Crippen molar-refractivity contribution < 1.29 is 29.0 Å². The first kappa shape index (κ1) is 28.0. The SMILES string of the molecule is CC(C)(C(=O)OCc1ccccc1)c1cccc(N2CCO[C@H]([C@@H](O)C(=O)Nc3ccc4c(c3)CN=C4N)C2=O)c1. The van der Waals surface area contributed by atoms with Gasteiger partial charge in [0.25, 0.3) is 11.8 Å². The number of anilines is 2. The summed E-state index contributed by atoms with van der Waals surface area (Å²) in [4.78, 5) is 44.9. The summed E-state index contributed by atoms with van der Waals surface area (Å²) in [6.07, 6.45) is -3.14. The number of amides is 2. The monoisotopic (exact) mass is 556 g/mol. The Morgan fingerprint density at radius 2 is 1.93 bits per heavy atom. The highest BCUT2D eigenvalue weighted by Crippen LogP contribution is 2.30. The molecule has 4 N–H and O–H groups in total. The first-order valence-corrected chi connectivity index (χ1v) is 13.3. The Kier molecular flexibility index (Phi) is 7.87. The number of nitrogens with one attached hydrogen (secondary N) is 1. The van der Waals surface area contributed by atoms with Gasteiger partial charge >= 0.3 is 5.97 Å². The van der Waals surface area contributed by atoms with E-state index < -0.39 is 35.4 Å². The molecule has 2 heterocycles. The fraction of sp³-hybridized carbons (Fsp3) is 0.290. The number of aliphatic imine (C=N–C) groups is 1. The third-order valence-corrected chi connectivity index (χ3v) is 7.35. The summed E-state index contributed by atoms with van der Waals surface area (Å²) in [6, 6.07) is 21.6. The molecule has 3 aromatic rings. The Labute approximate surface area is 237 Å². The zero-order valence-corrected chi connectivity index (χ0v) is 22.9. The molecule has 2 aliphatic rings. The molecular weight excluding hydrogens is 524 g/mol. The molecule has 0 radical (unpaired) electrons. The number of ether oxygens (including phenoxy) is 2. The van der Waals surface area contributed by atoms with Gasteiger partial charge in [-0.15, -0.1) is 0 Å². The molecule has 2 amide bonds. The average Bonchev–Trinajstić information content (AvgIpc) is 3.35. The number of carbonyl (C=O) groups is 3. The molecule has 5 rings (SSSR count). The van der Waals surface area contributed by atoms with Crippen molar-refractivity contribution in [2.75, 3.05) is 23.4 Å². The fourth-order valence-electron chi connectivity index (χ4n) is 4.83. The van der Waals surface area contributed by atoms with Gasteiger partial charge < -0.3 is 30.5 Å². The van der Waals surface area contributed by atoms with Crippen LogP contribution in [0.4, 0.5) is 11.4 Å². The van der Waals surface area contributed by atoms with Gasteiger partial charge in [0.2, 0.25) is 0 Å². The summed E-state index contributed by atoms with van der Waals surface area (Å²) in [5.41, 5.74) is 9.02. The van der Waals surface area contributed by atoms with E-state index in [1.165, 1.54) is 4.90 Å². The lowest BCUT2D eigenvalue weighted by Crippen LogP contribution is -2.55. The molecule has 0 aliphatic carbocycles. The number of esters is 1. The zero-order chi connectivity index (χ0) is 29.1. The first-order chi connectivity index (χ1) is 19.6. The van der Waals surface area contributed by atoms with Crippen molar-refractivity contribution in [3.05, 3.63) is 95.1 Å². The van der Waals surface area contributed by atoms with E-state index >= 15 is 0 Å². The number of aliphatic hydroxyl groups is 1. The largest absolute Gasteiger partial charge is 0.460 e. The molecule has 0 bridgehead atoms. The number of hydrogen-bond acceptors (Lipinski definition) is 8. The molecule has 0 spiro atoms. The van der Waals surface area contributed by atoms with Crippen molar-refractivity contribution in [2.24, 2.45) is 10.7 Å². The molecule has 2 aliphatic heterocycles. The van der Waals surface area contributed by atoms with Crippen molar-refractivity contribution in [1.82, 2.24) is 0 Å². The van der Waals surface area contributed by atoms with Crippen LogP contribution in [0.5, 0.6) is 0 Å². The fourth-order valence-corrected chi connectivity index (χ4v) is 4.83. The third-order valence-electron chi connectivity index (χ3n) is 7.35. The van der Waals surface area contributed by atoms with Gasteiger partial charge in [-0.2, -0.15) is 0 Å². The predicted octanol–water partition coefficient (Wildman–Crippen LogP) is 2.66. The summed E-state index contributed by atoms with van der Waals surface area (Å²) in [7, 11) is 0. The van der Waals surface area contributed by atoms with Crippen LogP contribution in [0.3, 0.4) is 0 Å². The molecule has 2 atom stereocenters. The topological polar surface area (TPSA) is 144 Å². The van der Waals surface area contributed by atoms with Crippen molar-refractivity contribution in [3.63, 3.8) is 0 Å². The van der Waals surface area contributed by atoms with Crippen LogP contribution >= 0.6 is 0 Å². The van der Waals surface area contributed by atoms with E-state index in [9.17, 15) is 19.5 Å². The van der Waals surface area contributed by atoms with E-state index in [0.29, 0.717) is 29.3 Å². The molecule has 1 fully saturated rings. The van der Waals surface area contributed by atoms with Crippen molar-refractivity contribution >= 4 is 35.0 Å². The Morgan fingerprint density at radius 1 is 1.15 bits per heavy atom. The van der Waals surface area contributed by atoms with Crippen molar-refractivity contribution in [1.29, 1.82) is 0 Å². The van der Waals surface area contributed by atoms with Crippen LogP contribution in [0.1, 0.15) is 36.1 Å². The average molecular weight is 557 g/mol. The molecule has 0 aromatic heterocycles. The van der Waals surface area contributed by atoms with E-state index in [2.05, 4.69) is 10.3 Å². The van der Waals surface area contributed by atoms with Gasteiger partial charge in [-0.1, -0.05) is 42.5 Å². The highest BCUT2D eigenvalue weighted by molar-refractivity contribution is 6.05. The lowest BCUT2D eigenvalue weighted by Gasteiger charge is -2.34. The third kappa shape index (κ3) is 5.84. The maximum atomic E-state index is 13.4. The Morgan fingerprint density at radius 3 is 2.71 bits per heavy atom. The van der Waals surface area contributed by atoms with Crippen LogP contribution in [0, 0.1) is 0 Å². The first-order valence-electron chi connectivity index (χ1n) is 13.3. The zero-order valence-electron chi connectivity index (χ0n) is 22.9. The van der Waals surface area contributed by atoms with Crippen molar-refractivity contribution in [3.8, 4) is 0 Å². The second-order valence-electron chi connectivity index (χ2n) is 10.5. The van der Waals surface area contributed by atoms with E-state index in [-0.39, 0.29) is 19.8 Å². The number of aliphatic hydroxyl groups excluding tert-OH is 1. The van der Waals surface area contributed by atoms with Crippen LogP contribution in [-0.4, -0.2) is 54.1 Å². The van der Waals surface area contributed by atoms with Gasteiger partial charge in [0.1, 0.15) is 12.4 Å².